The third-order valence-electron chi connectivity index (χ3n) is 3.28. The number of pyridine rings is 1. The molecule has 0 bridgehead atoms. The molecule has 2 aromatic heterocycles. The lowest BCUT2D eigenvalue weighted by Gasteiger charge is -2.05. The minimum absolute atomic E-state index is 0.162. The van der Waals surface area contributed by atoms with Crippen molar-refractivity contribution in [1.29, 1.82) is 0 Å². The summed E-state index contributed by atoms with van der Waals surface area (Å²) >= 11 is 1.54. The van der Waals surface area contributed by atoms with Crippen LogP contribution in [0, 0.1) is 0 Å². The lowest BCUT2D eigenvalue weighted by Crippen LogP contribution is -2.18. The summed E-state index contributed by atoms with van der Waals surface area (Å²) in [5, 5.41) is 7.35. The largest absolute Gasteiger partial charge is 0.343 e. The van der Waals surface area contributed by atoms with Crippen LogP contribution in [-0.4, -0.2) is 19.7 Å². The molecule has 0 radical (unpaired) electrons. The third-order valence-corrected chi connectivity index (χ3v) is 4.33. The number of thioether (sulfide) groups is 1. The van der Waals surface area contributed by atoms with Gasteiger partial charge in [0.2, 0.25) is 0 Å². The lowest BCUT2D eigenvalue weighted by molar-refractivity contribution is 0.616. The normalized spacial score (nSPS) is 10.7. The van der Waals surface area contributed by atoms with Crippen molar-refractivity contribution in [3.05, 3.63) is 76.5 Å². The van der Waals surface area contributed by atoms with Gasteiger partial charge < -0.3 is 0 Å². The molecule has 22 heavy (non-hydrogen) atoms. The van der Waals surface area contributed by atoms with Crippen molar-refractivity contribution in [3.8, 4) is 0 Å². The van der Waals surface area contributed by atoms with E-state index in [1.807, 2.05) is 36.5 Å². The van der Waals surface area contributed by atoms with Crippen LogP contribution < -0.4 is 5.69 Å². The van der Waals surface area contributed by atoms with E-state index in [1.165, 1.54) is 17.3 Å². The molecule has 1 aromatic carbocycles. The van der Waals surface area contributed by atoms with Gasteiger partial charge in [0, 0.05) is 24.7 Å². The second-order valence-electron chi connectivity index (χ2n) is 4.85. The second kappa shape index (κ2) is 7.09. The van der Waals surface area contributed by atoms with Gasteiger partial charge in [0.25, 0.3) is 0 Å². The first-order chi connectivity index (χ1) is 10.8. The average molecular weight is 312 g/mol. The Morgan fingerprint density at radius 1 is 1.09 bits per heavy atom. The molecule has 0 unspecified atom stereocenters. The number of aromatic amines is 1. The van der Waals surface area contributed by atoms with Crippen LogP contribution >= 0.6 is 11.8 Å². The highest BCUT2D eigenvalue weighted by molar-refractivity contribution is 7.98. The Morgan fingerprint density at radius 2 is 1.91 bits per heavy atom. The fourth-order valence-electron chi connectivity index (χ4n) is 2.13. The van der Waals surface area contributed by atoms with E-state index in [2.05, 4.69) is 27.3 Å². The molecule has 0 spiro atoms. The Morgan fingerprint density at radius 3 is 2.68 bits per heavy atom. The molecule has 0 saturated heterocycles. The first-order valence-electron chi connectivity index (χ1n) is 7.04. The second-order valence-corrected chi connectivity index (χ2v) is 5.79. The number of H-pyrrole nitrogens is 1. The Balaban J connectivity index is 1.67. The molecule has 0 aliphatic carbocycles. The highest BCUT2D eigenvalue weighted by atomic mass is 32.2. The molecular weight excluding hydrogens is 296 g/mol. The molecule has 6 heteroatoms. The van der Waals surface area contributed by atoms with Gasteiger partial charge in [-0.3, -0.25) is 9.55 Å². The van der Waals surface area contributed by atoms with Crippen molar-refractivity contribution >= 4 is 11.8 Å². The van der Waals surface area contributed by atoms with Gasteiger partial charge in [-0.05, 0) is 23.6 Å². The van der Waals surface area contributed by atoms with Gasteiger partial charge in [0.15, 0.2) is 5.16 Å². The summed E-state index contributed by atoms with van der Waals surface area (Å²) in [7, 11) is 0. The van der Waals surface area contributed by atoms with Crippen LogP contribution in [0.3, 0.4) is 0 Å². The van der Waals surface area contributed by atoms with E-state index < -0.39 is 0 Å². The minimum atomic E-state index is -0.162. The molecule has 0 saturated carbocycles. The van der Waals surface area contributed by atoms with Gasteiger partial charge >= 0.3 is 5.69 Å². The third kappa shape index (κ3) is 3.65. The summed E-state index contributed by atoms with van der Waals surface area (Å²) in [6.45, 7) is 0.620. The Hall–Kier alpha value is -2.34. The van der Waals surface area contributed by atoms with E-state index in [9.17, 15) is 4.79 Å². The first kappa shape index (κ1) is 14.6. The molecule has 0 aliphatic rings. The van der Waals surface area contributed by atoms with Gasteiger partial charge in [-0.1, -0.05) is 48.2 Å². The number of aryl methyl sites for hydroxylation is 1. The SMILES string of the molecule is O=c1[nH]nc(SCc2cccnc2)n1CCc1ccccc1. The van der Waals surface area contributed by atoms with Crippen LogP contribution in [0.5, 0.6) is 0 Å². The van der Waals surface area contributed by atoms with Crippen LogP contribution in [0.15, 0.2) is 64.8 Å². The molecule has 3 rings (SSSR count). The van der Waals surface area contributed by atoms with Crippen LogP contribution in [0.4, 0.5) is 0 Å². The fraction of sp³-hybridized carbons (Fsp3) is 0.188. The van der Waals surface area contributed by atoms with E-state index in [0.29, 0.717) is 11.7 Å². The molecule has 5 nitrogen and oxygen atoms in total. The number of nitrogens with one attached hydrogen (secondary N) is 1. The molecule has 0 atom stereocenters. The highest BCUT2D eigenvalue weighted by Crippen LogP contribution is 2.19. The number of hydrogen-bond acceptors (Lipinski definition) is 4. The Labute approximate surface area is 132 Å². The van der Waals surface area contributed by atoms with Gasteiger partial charge in [0.1, 0.15) is 0 Å². The summed E-state index contributed by atoms with van der Waals surface area (Å²) in [5.74, 6) is 0.740. The summed E-state index contributed by atoms with van der Waals surface area (Å²) in [4.78, 5) is 16.0. The molecule has 0 fully saturated rings. The van der Waals surface area contributed by atoms with Gasteiger partial charge in [-0.15, -0.1) is 5.10 Å². The highest BCUT2D eigenvalue weighted by Gasteiger charge is 2.09. The Kier molecular flexibility index (Phi) is 4.70. The minimum Gasteiger partial charge on any atom is -0.270 e. The standard InChI is InChI=1S/C16H16N4OS/c21-15-18-19-16(22-12-14-7-4-9-17-11-14)20(15)10-8-13-5-2-1-3-6-13/h1-7,9,11H,8,10,12H2,(H,18,21). The van der Waals surface area contributed by atoms with Gasteiger partial charge in [0.05, 0.1) is 0 Å². The van der Waals surface area contributed by atoms with Gasteiger partial charge in [-0.2, -0.15) is 0 Å². The summed E-state index contributed by atoms with van der Waals surface area (Å²) in [6.07, 6.45) is 4.38. The molecule has 0 amide bonds. The maximum Gasteiger partial charge on any atom is 0.343 e. The Bertz CT molecular complexity index is 768. The van der Waals surface area contributed by atoms with E-state index in [1.54, 1.807) is 10.8 Å². The topological polar surface area (TPSA) is 63.6 Å². The molecule has 3 aromatic rings. The van der Waals surface area contributed by atoms with E-state index >= 15 is 0 Å². The molecule has 0 aliphatic heterocycles. The predicted molar refractivity (Wildman–Crippen MR) is 86.8 cm³/mol. The number of benzene rings is 1. The zero-order chi connectivity index (χ0) is 15.2. The van der Waals surface area contributed by atoms with Crippen molar-refractivity contribution in [3.63, 3.8) is 0 Å². The molecular formula is C16H16N4OS. The molecule has 1 N–H and O–H groups in total. The zero-order valence-electron chi connectivity index (χ0n) is 12.0. The number of nitrogens with zero attached hydrogens (tertiary/aromatic N) is 3. The van der Waals surface area contributed by atoms with Crippen LogP contribution in [-0.2, 0) is 18.7 Å². The van der Waals surface area contributed by atoms with Crippen LogP contribution in [0.2, 0.25) is 0 Å². The predicted octanol–water partition coefficient (Wildman–Crippen LogP) is 2.50. The van der Waals surface area contributed by atoms with Crippen molar-refractivity contribution in [2.75, 3.05) is 0 Å². The van der Waals surface area contributed by atoms with E-state index in [0.717, 1.165) is 17.7 Å². The van der Waals surface area contributed by atoms with Crippen LogP contribution in [0.1, 0.15) is 11.1 Å². The monoisotopic (exact) mass is 312 g/mol. The summed E-state index contributed by atoms with van der Waals surface area (Å²) < 4.78 is 1.69. The maximum atomic E-state index is 11.9. The molecule has 112 valence electrons. The van der Waals surface area contributed by atoms with Crippen molar-refractivity contribution < 1.29 is 0 Å². The van der Waals surface area contributed by atoms with Crippen LogP contribution in [0.25, 0.3) is 0 Å². The number of aromatic nitrogens is 4. The average Bonchev–Trinajstić information content (AvgIpc) is 2.93. The quantitative estimate of drug-likeness (QED) is 0.710. The van der Waals surface area contributed by atoms with Crippen molar-refractivity contribution in [2.24, 2.45) is 0 Å². The fourth-order valence-corrected chi connectivity index (χ4v) is 3.03. The van der Waals surface area contributed by atoms with Crippen molar-refractivity contribution in [2.45, 2.75) is 23.9 Å². The zero-order valence-corrected chi connectivity index (χ0v) is 12.8. The van der Waals surface area contributed by atoms with Gasteiger partial charge in [-0.25, -0.2) is 9.89 Å². The summed E-state index contributed by atoms with van der Waals surface area (Å²) in [6, 6.07) is 14.0. The first-order valence-corrected chi connectivity index (χ1v) is 8.02. The number of hydrogen-bond donors (Lipinski definition) is 1. The maximum absolute atomic E-state index is 11.9. The smallest absolute Gasteiger partial charge is 0.270 e. The van der Waals surface area contributed by atoms with E-state index in [4.69, 9.17) is 0 Å². The molecule has 2 heterocycles. The van der Waals surface area contributed by atoms with Crippen molar-refractivity contribution in [1.82, 2.24) is 19.7 Å². The number of rotatable bonds is 6. The summed E-state index contributed by atoms with van der Waals surface area (Å²) in [5.41, 5.74) is 2.15. The lowest BCUT2D eigenvalue weighted by atomic mass is 10.1. The van der Waals surface area contributed by atoms with E-state index in [-0.39, 0.29) is 5.69 Å².